The van der Waals surface area contributed by atoms with E-state index in [2.05, 4.69) is 14.8 Å². The summed E-state index contributed by atoms with van der Waals surface area (Å²) in [6.07, 6.45) is 1.80. The van der Waals surface area contributed by atoms with Gasteiger partial charge >= 0.3 is 0 Å². The molecule has 0 aliphatic carbocycles. The van der Waals surface area contributed by atoms with E-state index in [4.69, 9.17) is 5.73 Å². The van der Waals surface area contributed by atoms with Crippen LogP contribution >= 0.6 is 0 Å². The van der Waals surface area contributed by atoms with Crippen molar-refractivity contribution in [1.29, 1.82) is 0 Å². The zero-order valence-corrected chi connectivity index (χ0v) is 14.1. The first-order valence-corrected chi connectivity index (χ1v) is 8.50. The first-order chi connectivity index (χ1) is 11.5. The fourth-order valence-electron chi connectivity index (χ4n) is 3.51. The van der Waals surface area contributed by atoms with Crippen molar-refractivity contribution in [3.63, 3.8) is 0 Å². The number of pyridine rings is 1. The summed E-state index contributed by atoms with van der Waals surface area (Å²) in [5.41, 5.74) is 5.41. The van der Waals surface area contributed by atoms with Gasteiger partial charge in [-0.1, -0.05) is 13.0 Å². The Labute approximate surface area is 142 Å². The fraction of sp³-hybridized carbons (Fsp3) is 0.588. The molecule has 24 heavy (non-hydrogen) atoms. The van der Waals surface area contributed by atoms with Crippen LogP contribution in [-0.4, -0.2) is 72.4 Å². The van der Waals surface area contributed by atoms with E-state index in [-0.39, 0.29) is 23.7 Å². The smallest absolute Gasteiger partial charge is 0.236 e. The Morgan fingerprint density at radius 3 is 2.54 bits per heavy atom. The summed E-state index contributed by atoms with van der Waals surface area (Å²) in [7, 11) is 0. The Kier molecular flexibility index (Phi) is 4.99. The second-order valence-corrected chi connectivity index (χ2v) is 6.74. The summed E-state index contributed by atoms with van der Waals surface area (Å²) in [6.45, 7) is 6.89. The summed E-state index contributed by atoms with van der Waals surface area (Å²) in [5.74, 6) is 0.710. The van der Waals surface area contributed by atoms with Crippen molar-refractivity contribution >= 4 is 17.6 Å². The Bertz CT molecular complexity index is 586. The van der Waals surface area contributed by atoms with Crippen LogP contribution in [0.2, 0.25) is 0 Å². The molecule has 0 saturated carbocycles. The Hall–Kier alpha value is -2.15. The molecule has 130 valence electrons. The summed E-state index contributed by atoms with van der Waals surface area (Å²) in [4.78, 5) is 34.5. The summed E-state index contributed by atoms with van der Waals surface area (Å²) >= 11 is 0. The van der Waals surface area contributed by atoms with Gasteiger partial charge in [0, 0.05) is 45.5 Å². The molecule has 1 aromatic heterocycles. The van der Waals surface area contributed by atoms with Gasteiger partial charge in [0.05, 0.1) is 12.5 Å². The normalized spacial score (nSPS) is 25.0. The van der Waals surface area contributed by atoms with Crippen molar-refractivity contribution < 1.29 is 9.59 Å². The SMILES string of the molecule is C[C@@H]1CN(C(=O)CN2CCN(c3ccccn3)CC2)C[C@H]1C(N)=O. The van der Waals surface area contributed by atoms with Crippen LogP contribution in [0.5, 0.6) is 0 Å². The van der Waals surface area contributed by atoms with Gasteiger partial charge in [0.2, 0.25) is 11.8 Å². The van der Waals surface area contributed by atoms with Gasteiger partial charge in [0.25, 0.3) is 0 Å². The lowest BCUT2D eigenvalue weighted by Crippen LogP contribution is -2.50. The predicted octanol–water partition coefficient (Wildman–Crippen LogP) is -0.217. The molecule has 2 atom stereocenters. The standard InChI is InChI=1S/C17H25N5O2/c1-13-10-22(11-14(13)17(18)24)16(23)12-20-6-8-21(9-7-20)15-4-2-3-5-19-15/h2-5,13-14H,6-12H2,1H3,(H2,18,24)/t13-,14-/m1/s1. The average Bonchev–Trinajstić information content (AvgIpc) is 2.99. The fourth-order valence-corrected chi connectivity index (χ4v) is 3.51. The number of piperazine rings is 1. The molecule has 0 radical (unpaired) electrons. The van der Waals surface area contributed by atoms with Gasteiger partial charge < -0.3 is 15.5 Å². The first-order valence-electron chi connectivity index (χ1n) is 8.50. The van der Waals surface area contributed by atoms with Crippen molar-refractivity contribution in [2.24, 2.45) is 17.6 Å². The average molecular weight is 331 g/mol. The molecule has 1 aromatic rings. The van der Waals surface area contributed by atoms with Gasteiger partial charge in [0.15, 0.2) is 0 Å². The minimum atomic E-state index is -0.304. The number of carbonyl (C=O) groups excluding carboxylic acids is 2. The highest BCUT2D eigenvalue weighted by Gasteiger charge is 2.36. The van der Waals surface area contributed by atoms with Crippen LogP contribution in [0.1, 0.15) is 6.92 Å². The quantitative estimate of drug-likeness (QED) is 0.825. The van der Waals surface area contributed by atoms with Gasteiger partial charge in [-0.15, -0.1) is 0 Å². The number of hydrogen-bond acceptors (Lipinski definition) is 5. The topological polar surface area (TPSA) is 82.8 Å². The number of nitrogens with zero attached hydrogens (tertiary/aromatic N) is 4. The Morgan fingerprint density at radius 2 is 1.96 bits per heavy atom. The van der Waals surface area contributed by atoms with E-state index in [0.717, 1.165) is 32.0 Å². The highest BCUT2D eigenvalue weighted by Crippen LogP contribution is 2.23. The van der Waals surface area contributed by atoms with E-state index < -0.39 is 0 Å². The molecule has 0 bridgehead atoms. The number of carbonyl (C=O) groups is 2. The van der Waals surface area contributed by atoms with E-state index in [9.17, 15) is 9.59 Å². The van der Waals surface area contributed by atoms with Crippen molar-refractivity contribution in [2.45, 2.75) is 6.92 Å². The molecule has 2 aliphatic heterocycles. The molecule has 0 spiro atoms. The third kappa shape index (κ3) is 3.67. The maximum Gasteiger partial charge on any atom is 0.236 e. The monoisotopic (exact) mass is 331 g/mol. The molecular formula is C17H25N5O2. The van der Waals surface area contributed by atoms with Crippen molar-refractivity contribution in [3.05, 3.63) is 24.4 Å². The molecule has 2 fully saturated rings. The Balaban J connectivity index is 1.48. The van der Waals surface area contributed by atoms with Gasteiger partial charge in [-0.25, -0.2) is 4.98 Å². The van der Waals surface area contributed by atoms with Crippen molar-refractivity contribution in [1.82, 2.24) is 14.8 Å². The number of likely N-dealkylation sites (tertiary alicyclic amines) is 1. The van der Waals surface area contributed by atoms with Gasteiger partial charge in [-0.3, -0.25) is 14.5 Å². The van der Waals surface area contributed by atoms with Crippen LogP contribution in [-0.2, 0) is 9.59 Å². The molecule has 7 heteroatoms. The van der Waals surface area contributed by atoms with Gasteiger partial charge in [-0.05, 0) is 18.1 Å². The first kappa shape index (κ1) is 16.7. The van der Waals surface area contributed by atoms with Gasteiger partial charge in [-0.2, -0.15) is 0 Å². The zero-order valence-electron chi connectivity index (χ0n) is 14.1. The number of primary amides is 1. The maximum absolute atomic E-state index is 12.5. The molecule has 2 N–H and O–H groups in total. The van der Waals surface area contributed by atoms with E-state index in [1.807, 2.05) is 25.1 Å². The van der Waals surface area contributed by atoms with Crippen LogP contribution in [0.15, 0.2) is 24.4 Å². The second-order valence-electron chi connectivity index (χ2n) is 6.74. The van der Waals surface area contributed by atoms with Crippen LogP contribution in [0.25, 0.3) is 0 Å². The van der Waals surface area contributed by atoms with Crippen LogP contribution in [0.4, 0.5) is 5.82 Å². The lowest BCUT2D eigenvalue weighted by atomic mass is 9.98. The number of anilines is 1. The van der Waals surface area contributed by atoms with E-state index >= 15 is 0 Å². The van der Waals surface area contributed by atoms with Crippen molar-refractivity contribution in [3.8, 4) is 0 Å². The number of hydrogen-bond donors (Lipinski definition) is 1. The molecule has 2 amide bonds. The number of aromatic nitrogens is 1. The summed E-state index contributed by atoms with van der Waals surface area (Å²) in [6, 6.07) is 5.91. The number of nitrogens with two attached hydrogens (primary N) is 1. The van der Waals surface area contributed by atoms with Gasteiger partial charge in [0.1, 0.15) is 5.82 Å². The zero-order chi connectivity index (χ0) is 17.1. The van der Waals surface area contributed by atoms with E-state index in [1.165, 1.54) is 0 Å². The minimum absolute atomic E-state index is 0.0943. The summed E-state index contributed by atoms with van der Waals surface area (Å²) < 4.78 is 0. The van der Waals surface area contributed by atoms with Crippen LogP contribution in [0, 0.1) is 11.8 Å². The molecule has 2 saturated heterocycles. The molecule has 3 heterocycles. The lowest BCUT2D eigenvalue weighted by Gasteiger charge is -2.35. The molecular weight excluding hydrogens is 306 g/mol. The molecule has 0 unspecified atom stereocenters. The highest BCUT2D eigenvalue weighted by molar-refractivity contribution is 5.82. The van der Waals surface area contributed by atoms with E-state index in [0.29, 0.717) is 19.6 Å². The minimum Gasteiger partial charge on any atom is -0.369 e. The van der Waals surface area contributed by atoms with E-state index in [1.54, 1.807) is 11.1 Å². The lowest BCUT2D eigenvalue weighted by molar-refractivity contribution is -0.131. The number of rotatable bonds is 4. The largest absolute Gasteiger partial charge is 0.369 e. The maximum atomic E-state index is 12.5. The van der Waals surface area contributed by atoms with Crippen molar-refractivity contribution in [2.75, 3.05) is 50.7 Å². The molecule has 3 rings (SSSR count). The highest BCUT2D eigenvalue weighted by atomic mass is 16.2. The van der Waals surface area contributed by atoms with Crippen LogP contribution in [0.3, 0.4) is 0 Å². The molecule has 0 aromatic carbocycles. The summed E-state index contributed by atoms with van der Waals surface area (Å²) in [5, 5.41) is 0. The van der Waals surface area contributed by atoms with Crippen LogP contribution < -0.4 is 10.6 Å². The second kappa shape index (κ2) is 7.17. The number of amides is 2. The Morgan fingerprint density at radius 1 is 1.21 bits per heavy atom. The predicted molar refractivity (Wildman–Crippen MR) is 91.3 cm³/mol. The third-order valence-corrected chi connectivity index (χ3v) is 5.03. The molecule has 7 nitrogen and oxygen atoms in total. The molecule has 2 aliphatic rings. The third-order valence-electron chi connectivity index (χ3n) is 5.03.